The number of ether oxygens (including phenoxy) is 1. The van der Waals surface area contributed by atoms with Crippen LogP contribution in [0.3, 0.4) is 0 Å². The molecule has 2 aromatic carbocycles. The molecule has 1 aliphatic heterocycles. The fourth-order valence-electron chi connectivity index (χ4n) is 4.10. The summed E-state index contributed by atoms with van der Waals surface area (Å²) in [4.78, 5) is 33.5. The topological polar surface area (TPSA) is 62.7 Å². The number of pyridine rings is 1. The molecule has 0 spiro atoms. The summed E-state index contributed by atoms with van der Waals surface area (Å²) >= 11 is 0. The van der Waals surface area contributed by atoms with Crippen molar-refractivity contribution in [3.05, 3.63) is 101 Å². The zero-order valence-corrected chi connectivity index (χ0v) is 18.2. The van der Waals surface area contributed by atoms with Crippen LogP contribution < -0.4 is 0 Å². The minimum atomic E-state index is -0.513. The van der Waals surface area contributed by atoms with Crippen LogP contribution in [-0.4, -0.2) is 59.4 Å². The van der Waals surface area contributed by atoms with Crippen molar-refractivity contribution < 1.29 is 14.3 Å². The summed E-state index contributed by atoms with van der Waals surface area (Å²) in [7, 11) is 0. The van der Waals surface area contributed by atoms with Gasteiger partial charge in [-0.2, -0.15) is 0 Å². The van der Waals surface area contributed by atoms with Gasteiger partial charge in [-0.05, 0) is 30.2 Å². The lowest BCUT2D eigenvalue weighted by molar-refractivity contribution is 0.0518. The van der Waals surface area contributed by atoms with E-state index in [4.69, 9.17) is 4.74 Å². The zero-order valence-electron chi connectivity index (χ0n) is 18.2. The largest absolute Gasteiger partial charge is 0.461 e. The molecule has 0 radical (unpaired) electrons. The molecular weight excluding hydrogens is 402 g/mol. The van der Waals surface area contributed by atoms with Gasteiger partial charge in [-0.1, -0.05) is 66.7 Å². The molecule has 0 aliphatic carbocycles. The Labute approximate surface area is 188 Å². The molecule has 1 aliphatic rings. The van der Waals surface area contributed by atoms with Crippen molar-refractivity contribution in [3.8, 4) is 0 Å². The maximum absolute atomic E-state index is 13.0. The van der Waals surface area contributed by atoms with Gasteiger partial charge < -0.3 is 9.64 Å². The highest BCUT2D eigenvalue weighted by molar-refractivity contribution is 5.94. The molecule has 6 heteroatoms. The first-order chi connectivity index (χ1) is 15.7. The predicted molar refractivity (Wildman–Crippen MR) is 122 cm³/mol. The summed E-state index contributed by atoms with van der Waals surface area (Å²) in [6.07, 6.45) is 0. The fourth-order valence-corrected chi connectivity index (χ4v) is 4.10. The molecule has 0 N–H and O–H groups in total. The lowest BCUT2D eigenvalue weighted by Gasteiger charge is -2.39. The van der Waals surface area contributed by atoms with Crippen molar-refractivity contribution in [1.82, 2.24) is 14.8 Å². The minimum Gasteiger partial charge on any atom is -0.461 e. The van der Waals surface area contributed by atoms with Crippen molar-refractivity contribution in [3.63, 3.8) is 0 Å². The van der Waals surface area contributed by atoms with Gasteiger partial charge in [0.25, 0.3) is 5.91 Å². The van der Waals surface area contributed by atoms with Gasteiger partial charge in [0, 0.05) is 26.2 Å². The molecule has 1 aromatic heterocycles. The number of aromatic nitrogens is 1. The highest BCUT2D eigenvalue weighted by atomic mass is 16.5. The monoisotopic (exact) mass is 429 g/mol. The first-order valence-corrected chi connectivity index (χ1v) is 10.9. The van der Waals surface area contributed by atoms with Gasteiger partial charge in [0.1, 0.15) is 11.4 Å². The molecule has 0 bridgehead atoms. The van der Waals surface area contributed by atoms with Crippen LogP contribution in [-0.2, 0) is 4.74 Å². The van der Waals surface area contributed by atoms with Gasteiger partial charge in [-0.15, -0.1) is 0 Å². The lowest BCUT2D eigenvalue weighted by Crippen LogP contribution is -2.50. The molecule has 1 fully saturated rings. The van der Waals surface area contributed by atoms with Crippen LogP contribution in [0.2, 0.25) is 0 Å². The van der Waals surface area contributed by atoms with E-state index in [9.17, 15) is 9.59 Å². The van der Waals surface area contributed by atoms with Crippen molar-refractivity contribution in [2.75, 3.05) is 32.8 Å². The third-order valence-corrected chi connectivity index (χ3v) is 5.65. The van der Waals surface area contributed by atoms with E-state index in [-0.39, 0.29) is 29.9 Å². The van der Waals surface area contributed by atoms with E-state index in [0.29, 0.717) is 13.1 Å². The van der Waals surface area contributed by atoms with Crippen LogP contribution in [0.25, 0.3) is 0 Å². The summed E-state index contributed by atoms with van der Waals surface area (Å²) in [5, 5.41) is 0. The molecule has 0 unspecified atom stereocenters. The van der Waals surface area contributed by atoms with Crippen molar-refractivity contribution >= 4 is 11.9 Å². The van der Waals surface area contributed by atoms with Gasteiger partial charge in [-0.3, -0.25) is 9.69 Å². The summed E-state index contributed by atoms with van der Waals surface area (Å²) < 4.78 is 5.00. The van der Waals surface area contributed by atoms with E-state index in [0.717, 1.165) is 13.1 Å². The fraction of sp³-hybridized carbons (Fsp3) is 0.269. The highest BCUT2D eigenvalue weighted by Gasteiger charge is 2.29. The van der Waals surface area contributed by atoms with E-state index >= 15 is 0 Å². The second-order valence-electron chi connectivity index (χ2n) is 7.68. The Kier molecular flexibility index (Phi) is 6.92. The van der Waals surface area contributed by atoms with Gasteiger partial charge in [0.15, 0.2) is 0 Å². The molecule has 2 heterocycles. The number of carbonyl (C=O) groups excluding carboxylic acids is 2. The Bertz CT molecular complexity index is 1010. The molecule has 4 rings (SSSR count). The van der Waals surface area contributed by atoms with Crippen LogP contribution in [0, 0.1) is 0 Å². The first-order valence-electron chi connectivity index (χ1n) is 10.9. The highest BCUT2D eigenvalue weighted by Crippen LogP contribution is 2.29. The second-order valence-corrected chi connectivity index (χ2v) is 7.68. The summed E-state index contributed by atoms with van der Waals surface area (Å²) in [5.74, 6) is -0.674. The predicted octanol–water partition coefficient (Wildman–Crippen LogP) is 3.81. The van der Waals surface area contributed by atoms with Crippen LogP contribution >= 0.6 is 0 Å². The van der Waals surface area contributed by atoms with E-state index in [1.807, 2.05) is 12.1 Å². The van der Waals surface area contributed by atoms with E-state index in [1.165, 1.54) is 11.1 Å². The van der Waals surface area contributed by atoms with E-state index < -0.39 is 5.97 Å². The van der Waals surface area contributed by atoms with Gasteiger partial charge in [0.05, 0.1) is 12.6 Å². The molecule has 32 heavy (non-hydrogen) atoms. The number of hydrogen-bond acceptors (Lipinski definition) is 5. The third kappa shape index (κ3) is 4.86. The van der Waals surface area contributed by atoms with Gasteiger partial charge in [-0.25, -0.2) is 9.78 Å². The minimum absolute atomic E-state index is 0.139. The summed E-state index contributed by atoms with van der Waals surface area (Å²) in [5.41, 5.74) is 2.90. The third-order valence-electron chi connectivity index (χ3n) is 5.65. The standard InChI is InChI=1S/C26H27N3O3/c1-2-32-26(31)23-15-9-14-22(27-23)25(30)29-18-16-28(17-19-29)24(20-10-5-3-6-11-20)21-12-7-4-8-13-21/h3-15,24H,2,16-19H2,1H3. The number of esters is 1. The maximum Gasteiger partial charge on any atom is 0.356 e. The number of piperazine rings is 1. The Balaban J connectivity index is 1.48. The number of rotatable bonds is 6. The smallest absolute Gasteiger partial charge is 0.356 e. The molecule has 1 saturated heterocycles. The van der Waals surface area contributed by atoms with Crippen LogP contribution in [0.4, 0.5) is 0 Å². The molecule has 6 nitrogen and oxygen atoms in total. The zero-order chi connectivity index (χ0) is 22.3. The number of carbonyl (C=O) groups is 2. The molecule has 0 saturated carbocycles. The SMILES string of the molecule is CCOC(=O)c1cccc(C(=O)N2CCN(C(c3ccccc3)c3ccccc3)CC2)n1. The molecule has 1 amide bonds. The number of nitrogens with zero attached hydrogens (tertiary/aromatic N) is 3. The first kappa shape index (κ1) is 21.7. The van der Waals surface area contributed by atoms with Gasteiger partial charge >= 0.3 is 5.97 Å². The van der Waals surface area contributed by atoms with Crippen LogP contribution in [0.1, 0.15) is 45.1 Å². The Morgan fingerprint density at radius 1 is 0.812 bits per heavy atom. The molecule has 3 aromatic rings. The number of hydrogen-bond donors (Lipinski definition) is 0. The molecule has 164 valence electrons. The summed E-state index contributed by atoms with van der Waals surface area (Å²) in [6, 6.07) is 25.9. The normalized spacial score (nSPS) is 14.4. The quantitative estimate of drug-likeness (QED) is 0.558. The average Bonchev–Trinajstić information content (AvgIpc) is 2.86. The number of benzene rings is 2. The Hall–Kier alpha value is -3.51. The van der Waals surface area contributed by atoms with Crippen LogP contribution in [0.5, 0.6) is 0 Å². The lowest BCUT2D eigenvalue weighted by atomic mass is 9.96. The second kappa shape index (κ2) is 10.2. The molecule has 0 atom stereocenters. The molecular formula is C26H27N3O3. The summed E-state index contributed by atoms with van der Waals surface area (Å²) in [6.45, 7) is 4.70. The Morgan fingerprint density at radius 2 is 1.38 bits per heavy atom. The van der Waals surface area contributed by atoms with Crippen molar-refractivity contribution in [2.24, 2.45) is 0 Å². The van der Waals surface area contributed by atoms with Crippen molar-refractivity contribution in [2.45, 2.75) is 13.0 Å². The van der Waals surface area contributed by atoms with Crippen molar-refractivity contribution in [1.29, 1.82) is 0 Å². The van der Waals surface area contributed by atoms with E-state index in [2.05, 4.69) is 58.4 Å². The Morgan fingerprint density at radius 3 is 1.94 bits per heavy atom. The van der Waals surface area contributed by atoms with Gasteiger partial charge in [0.2, 0.25) is 0 Å². The average molecular weight is 430 g/mol. The number of amides is 1. The van der Waals surface area contributed by atoms with Crippen LogP contribution in [0.15, 0.2) is 78.9 Å². The van der Waals surface area contributed by atoms with E-state index in [1.54, 1.807) is 30.0 Å². The maximum atomic E-state index is 13.0.